The van der Waals surface area contributed by atoms with Gasteiger partial charge < -0.3 is 0 Å². The number of halogens is 1. The van der Waals surface area contributed by atoms with Gasteiger partial charge in [0.25, 0.3) is 5.91 Å². The third kappa shape index (κ3) is 5.04. The third-order valence-electron chi connectivity index (χ3n) is 5.75. The molecule has 0 saturated heterocycles. The molecule has 1 N–H and O–H groups in total. The van der Waals surface area contributed by atoms with Crippen LogP contribution < -0.4 is 5.32 Å². The molecule has 1 heterocycles. The van der Waals surface area contributed by atoms with E-state index in [1.165, 1.54) is 39.9 Å². The summed E-state index contributed by atoms with van der Waals surface area (Å²) >= 11 is 7.24. The van der Waals surface area contributed by atoms with E-state index in [0.29, 0.717) is 15.7 Å². The second-order valence-corrected chi connectivity index (χ2v) is 11.1. The summed E-state index contributed by atoms with van der Waals surface area (Å²) in [5, 5.41) is 5.74. The highest BCUT2D eigenvalue weighted by Gasteiger charge is 2.29. The number of carbonyl (C=O) groups is 1. The first-order valence-electron chi connectivity index (χ1n) is 10.5. The van der Waals surface area contributed by atoms with Gasteiger partial charge in [0, 0.05) is 34.6 Å². The van der Waals surface area contributed by atoms with Gasteiger partial charge in [0.1, 0.15) is 0 Å². The van der Waals surface area contributed by atoms with E-state index in [-0.39, 0.29) is 16.8 Å². The molecule has 0 unspecified atom stereocenters. The molecule has 168 valence electrons. The van der Waals surface area contributed by atoms with Crippen LogP contribution in [0.1, 0.15) is 42.5 Å². The van der Waals surface area contributed by atoms with Crippen LogP contribution >= 0.6 is 22.9 Å². The van der Waals surface area contributed by atoms with Crippen LogP contribution in [0, 0.1) is 0 Å². The molecule has 9 heteroatoms. The van der Waals surface area contributed by atoms with Crippen LogP contribution in [0.4, 0.5) is 5.13 Å². The minimum absolute atomic E-state index is 0.0384. The first-order valence-corrected chi connectivity index (χ1v) is 13.2. The summed E-state index contributed by atoms with van der Waals surface area (Å²) in [7, 11) is -1.94. The van der Waals surface area contributed by atoms with Gasteiger partial charge >= 0.3 is 0 Å². The average Bonchev–Trinajstić information content (AvgIpc) is 3.28. The first-order chi connectivity index (χ1) is 15.3. The van der Waals surface area contributed by atoms with Crippen molar-refractivity contribution in [3.05, 3.63) is 64.5 Å². The number of nitrogens with one attached hydrogen (secondary N) is 1. The average molecular weight is 490 g/mol. The quantitative estimate of drug-likeness (QED) is 0.483. The van der Waals surface area contributed by atoms with Crippen molar-refractivity contribution in [2.45, 2.75) is 43.0 Å². The van der Waals surface area contributed by atoms with Crippen molar-refractivity contribution in [1.29, 1.82) is 0 Å². The first kappa shape index (κ1) is 22.9. The van der Waals surface area contributed by atoms with E-state index in [0.717, 1.165) is 43.4 Å². The predicted molar refractivity (Wildman–Crippen MR) is 129 cm³/mol. The highest BCUT2D eigenvalue weighted by atomic mass is 35.5. The maximum absolute atomic E-state index is 13.0. The van der Waals surface area contributed by atoms with E-state index in [1.807, 2.05) is 17.5 Å². The van der Waals surface area contributed by atoms with Gasteiger partial charge in [-0.3, -0.25) is 10.1 Å². The summed E-state index contributed by atoms with van der Waals surface area (Å²) in [6.45, 7) is 0. The highest BCUT2D eigenvalue weighted by molar-refractivity contribution is 7.89. The van der Waals surface area contributed by atoms with Gasteiger partial charge in [0.15, 0.2) is 5.13 Å². The molecule has 1 aliphatic carbocycles. The normalized spacial score (nSPS) is 15.1. The van der Waals surface area contributed by atoms with E-state index in [9.17, 15) is 13.2 Å². The topological polar surface area (TPSA) is 79.4 Å². The number of carbonyl (C=O) groups excluding carboxylic acids is 1. The number of anilines is 1. The van der Waals surface area contributed by atoms with Crippen LogP contribution in [0.15, 0.2) is 58.8 Å². The molecule has 1 fully saturated rings. The summed E-state index contributed by atoms with van der Waals surface area (Å²) in [6.07, 6.45) is 5.05. The lowest BCUT2D eigenvalue weighted by Crippen LogP contribution is -2.38. The molecule has 0 spiro atoms. The molecule has 0 atom stereocenters. The molecular formula is C23H24ClN3O3S2. The van der Waals surface area contributed by atoms with Gasteiger partial charge in [0.2, 0.25) is 10.0 Å². The zero-order valence-electron chi connectivity index (χ0n) is 17.6. The van der Waals surface area contributed by atoms with Gasteiger partial charge in [-0.2, -0.15) is 4.31 Å². The second-order valence-electron chi connectivity index (χ2n) is 7.84. The number of nitrogens with zero attached hydrogens (tertiary/aromatic N) is 2. The molecule has 3 aromatic rings. The SMILES string of the molecule is CN(C1CCCCC1)S(=O)(=O)c1ccc(C(=O)Nc2nc(-c3ccc(Cl)cc3)cs2)cc1. The van der Waals surface area contributed by atoms with Gasteiger partial charge in [-0.1, -0.05) is 43.0 Å². The molecular weight excluding hydrogens is 466 g/mol. The minimum Gasteiger partial charge on any atom is -0.298 e. The lowest BCUT2D eigenvalue weighted by molar-refractivity contribution is 0.102. The molecule has 32 heavy (non-hydrogen) atoms. The summed E-state index contributed by atoms with van der Waals surface area (Å²) in [6, 6.07) is 13.4. The van der Waals surface area contributed by atoms with Crippen molar-refractivity contribution in [3.63, 3.8) is 0 Å². The molecule has 2 aromatic carbocycles. The lowest BCUT2D eigenvalue weighted by atomic mass is 9.96. The van der Waals surface area contributed by atoms with Crippen molar-refractivity contribution >= 4 is 44.0 Å². The van der Waals surface area contributed by atoms with Crippen molar-refractivity contribution in [2.24, 2.45) is 0 Å². The molecule has 0 bridgehead atoms. The Bertz CT molecular complexity index is 1190. The van der Waals surface area contributed by atoms with E-state index in [4.69, 9.17) is 11.6 Å². The molecule has 1 saturated carbocycles. The molecule has 0 radical (unpaired) electrons. The summed E-state index contributed by atoms with van der Waals surface area (Å²) in [4.78, 5) is 17.3. The smallest absolute Gasteiger partial charge is 0.257 e. The number of hydrogen-bond acceptors (Lipinski definition) is 5. The fraction of sp³-hybridized carbons (Fsp3) is 0.304. The Labute approximate surface area is 197 Å². The number of benzene rings is 2. The molecule has 1 aliphatic rings. The number of rotatable bonds is 6. The Morgan fingerprint density at radius 1 is 1.06 bits per heavy atom. The van der Waals surface area contributed by atoms with Crippen LogP contribution in [-0.2, 0) is 10.0 Å². The Hall–Kier alpha value is -2.26. The largest absolute Gasteiger partial charge is 0.298 e. The van der Waals surface area contributed by atoms with Gasteiger partial charge in [-0.15, -0.1) is 11.3 Å². The van der Waals surface area contributed by atoms with Crippen LogP contribution in [-0.4, -0.2) is 36.7 Å². The van der Waals surface area contributed by atoms with Crippen molar-refractivity contribution in [3.8, 4) is 11.3 Å². The third-order valence-corrected chi connectivity index (χ3v) is 8.68. The van der Waals surface area contributed by atoms with Gasteiger partial charge in [0.05, 0.1) is 10.6 Å². The molecule has 4 rings (SSSR count). The van der Waals surface area contributed by atoms with E-state index in [2.05, 4.69) is 10.3 Å². The van der Waals surface area contributed by atoms with E-state index in [1.54, 1.807) is 19.2 Å². The number of amides is 1. The van der Waals surface area contributed by atoms with E-state index < -0.39 is 10.0 Å². The van der Waals surface area contributed by atoms with Crippen molar-refractivity contribution in [2.75, 3.05) is 12.4 Å². The standard InChI is InChI=1S/C23H24ClN3O3S2/c1-27(19-5-3-2-4-6-19)32(29,30)20-13-9-17(10-14-20)22(28)26-23-25-21(15-31-23)16-7-11-18(24)12-8-16/h7-15,19H,2-6H2,1H3,(H,25,26,28). The maximum atomic E-state index is 13.0. The Kier molecular flexibility index (Phi) is 6.95. The fourth-order valence-electron chi connectivity index (χ4n) is 3.84. The summed E-state index contributed by atoms with van der Waals surface area (Å²) in [5.74, 6) is -0.341. The summed E-state index contributed by atoms with van der Waals surface area (Å²) in [5.41, 5.74) is 2.02. The number of hydrogen-bond donors (Lipinski definition) is 1. The second kappa shape index (κ2) is 9.70. The fourth-order valence-corrected chi connectivity index (χ4v) is 6.10. The Morgan fingerprint density at radius 2 is 1.72 bits per heavy atom. The molecule has 0 aliphatic heterocycles. The van der Waals surface area contributed by atoms with E-state index >= 15 is 0 Å². The summed E-state index contributed by atoms with van der Waals surface area (Å²) < 4.78 is 27.4. The molecule has 1 amide bonds. The van der Waals surface area contributed by atoms with Gasteiger partial charge in [-0.05, 0) is 49.2 Å². The monoisotopic (exact) mass is 489 g/mol. The molecule has 1 aromatic heterocycles. The number of thiazole rings is 1. The number of sulfonamides is 1. The van der Waals surface area contributed by atoms with Crippen molar-refractivity contribution < 1.29 is 13.2 Å². The Balaban J connectivity index is 1.43. The zero-order valence-corrected chi connectivity index (χ0v) is 20.0. The van der Waals surface area contributed by atoms with Crippen LogP contribution in [0.2, 0.25) is 5.02 Å². The van der Waals surface area contributed by atoms with Crippen LogP contribution in [0.3, 0.4) is 0 Å². The highest BCUT2D eigenvalue weighted by Crippen LogP contribution is 2.28. The number of aromatic nitrogens is 1. The van der Waals surface area contributed by atoms with Crippen LogP contribution in [0.25, 0.3) is 11.3 Å². The maximum Gasteiger partial charge on any atom is 0.257 e. The van der Waals surface area contributed by atoms with Crippen LogP contribution in [0.5, 0.6) is 0 Å². The minimum atomic E-state index is -3.59. The predicted octanol–water partition coefficient (Wildman–Crippen LogP) is 5.67. The van der Waals surface area contributed by atoms with Crippen molar-refractivity contribution in [1.82, 2.24) is 9.29 Å². The Morgan fingerprint density at radius 3 is 2.38 bits per heavy atom. The molecule has 6 nitrogen and oxygen atoms in total. The van der Waals surface area contributed by atoms with Gasteiger partial charge in [-0.25, -0.2) is 13.4 Å². The lowest BCUT2D eigenvalue weighted by Gasteiger charge is -2.30. The zero-order chi connectivity index (χ0) is 22.7.